The fourth-order valence-corrected chi connectivity index (χ4v) is 3.88. The summed E-state index contributed by atoms with van der Waals surface area (Å²) >= 11 is 0. The topological polar surface area (TPSA) is 0 Å². The van der Waals surface area contributed by atoms with Crippen molar-refractivity contribution in [2.75, 3.05) is 0 Å². The molecule has 0 nitrogen and oxygen atoms in total. The first kappa shape index (κ1) is 19.7. The Morgan fingerprint density at radius 1 is 1.00 bits per heavy atom. The van der Waals surface area contributed by atoms with Gasteiger partial charge in [-0.2, -0.15) is 0 Å². The van der Waals surface area contributed by atoms with Crippen molar-refractivity contribution in [1.29, 1.82) is 0 Å². The lowest BCUT2D eigenvalue weighted by Crippen LogP contribution is -2.34. The summed E-state index contributed by atoms with van der Waals surface area (Å²) in [5.41, 5.74) is 7.78. The van der Waals surface area contributed by atoms with Crippen molar-refractivity contribution in [1.82, 2.24) is 0 Å². The predicted octanol–water partition coefficient (Wildman–Crippen LogP) is 7.19. The van der Waals surface area contributed by atoms with Crippen LogP contribution in [-0.2, 0) is 12.8 Å². The highest BCUT2D eigenvalue weighted by Crippen LogP contribution is 2.48. The lowest BCUT2D eigenvalue weighted by Gasteiger charge is -2.43. The van der Waals surface area contributed by atoms with E-state index < -0.39 is 0 Å². The second-order valence-corrected chi connectivity index (χ2v) is 7.12. The van der Waals surface area contributed by atoms with Crippen LogP contribution in [0.1, 0.15) is 83.6 Å². The average molecular weight is 313 g/mol. The molecule has 0 radical (unpaired) electrons. The molecule has 2 unspecified atom stereocenters. The molecule has 128 valence electrons. The fraction of sp³-hybridized carbons (Fsp3) is 0.565. The van der Waals surface area contributed by atoms with Crippen LogP contribution in [0.15, 0.2) is 30.4 Å². The highest BCUT2D eigenvalue weighted by molar-refractivity contribution is 5.65. The zero-order chi connectivity index (χ0) is 17.8. The molecule has 1 aromatic rings. The fourth-order valence-electron chi connectivity index (χ4n) is 3.88. The highest BCUT2D eigenvalue weighted by atomic mass is 14.4. The molecule has 0 saturated heterocycles. The number of rotatable bonds is 0. The van der Waals surface area contributed by atoms with E-state index in [1.165, 1.54) is 17.6 Å². The van der Waals surface area contributed by atoms with Crippen LogP contribution in [0.2, 0.25) is 0 Å². The third-order valence-electron chi connectivity index (χ3n) is 5.47. The molecule has 23 heavy (non-hydrogen) atoms. The number of hydrogen-bond donors (Lipinski definition) is 0. The van der Waals surface area contributed by atoms with Crippen LogP contribution in [0.5, 0.6) is 0 Å². The van der Waals surface area contributed by atoms with E-state index >= 15 is 0 Å². The van der Waals surface area contributed by atoms with Crippen molar-refractivity contribution >= 4 is 6.08 Å². The monoisotopic (exact) mass is 312 g/mol. The van der Waals surface area contributed by atoms with Gasteiger partial charge in [0, 0.05) is 0 Å². The van der Waals surface area contributed by atoms with Crippen molar-refractivity contribution in [2.24, 2.45) is 11.3 Å². The summed E-state index contributed by atoms with van der Waals surface area (Å²) in [7, 11) is 0. The third-order valence-corrected chi connectivity index (χ3v) is 5.47. The summed E-state index contributed by atoms with van der Waals surface area (Å²) in [6, 6.07) is 4.66. The summed E-state index contributed by atoms with van der Waals surface area (Å²) < 4.78 is 0. The summed E-state index contributed by atoms with van der Waals surface area (Å²) in [5, 5.41) is 0. The third kappa shape index (κ3) is 3.79. The van der Waals surface area contributed by atoms with Crippen LogP contribution < -0.4 is 0 Å². The Kier molecular flexibility index (Phi) is 6.86. The maximum Gasteiger partial charge on any atom is -0.00228 e. The second kappa shape index (κ2) is 7.99. The van der Waals surface area contributed by atoms with Gasteiger partial charge < -0.3 is 0 Å². The normalized spacial score (nSPS) is 23.6. The number of benzene rings is 1. The summed E-state index contributed by atoms with van der Waals surface area (Å²) in [4.78, 5) is 0. The lowest BCUT2D eigenvalue weighted by atomic mass is 9.61. The van der Waals surface area contributed by atoms with Gasteiger partial charge >= 0.3 is 0 Å². The average Bonchev–Trinajstić information content (AvgIpc) is 2.55. The van der Waals surface area contributed by atoms with Gasteiger partial charge in [-0.1, -0.05) is 91.8 Å². The Labute approximate surface area is 144 Å². The minimum absolute atomic E-state index is 0.405. The molecular weight excluding hydrogens is 276 g/mol. The molecule has 0 amide bonds. The van der Waals surface area contributed by atoms with E-state index in [4.69, 9.17) is 0 Å². The molecule has 0 bridgehead atoms. The smallest absolute Gasteiger partial charge is 0.00228 e. The SMILES string of the molecule is C=C1C=Cc2ccc3c(c2C1)C(C)C(C)C(C)(C)C3.CC.CC. The number of fused-ring (bicyclic) bond motifs is 3. The van der Waals surface area contributed by atoms with E-state index in [9.17, 15) is 0 Å². The standard InChI is InChI=1S/C19H24.2C2H6/c1-12-6-7-15-8-9-16-11-19(4,5)14(3)13(2)18(16)17(15)10-12;2*1-2/h6-9,13-14H,1,10-11H2,2-5H3;2*1-2H3. The largest absolute Gasteiger partial charge is 0.0955 e. The minimum Gasteiger partial charge on any atom is -0.0955 e. The zero-order valence-electron chi connectivity index (χ0n) is 16.6. The van der Waals surface area contributed by atoms with E-state index in [0.717, 1.165) is 12.3 Å². The molecular formula is C23H36. The summed E-state index contributed by atoms with van der Waals surface area (Å²) in [6.07, 6.45) is 6.64. The molecule has 2 aliphatic rings. The minimum atomic E-state index is 0.405. The number of hydrogen-bond acceptors (Lipinski definition) is 0. The van der Waals surface area contributed by atoms with E-state index in [1.54, 1.807) is 16.7 Å². The summed E-state index contributed by atoms with van der Waals surface area (Å²) in [6.45, 7) is 21.8. The second-order valence-electron chi connectivity index (χ2n) is 7.12. The van der Waals surface area contributed by atoms with Crippen molar-refractivity contribution in [2.45, 2.75) is 74.1 Å². The van der Waals surface area contributed by atoms with Gasteiger partial charge in [0.15, 0.2) is 0 Å². The quantitative estimate of drug-likeness (QED) is 0.475. The van der Waals surface area contributed by atoms with Gasteiger partial charge in [0.05, 0.1) is 0 Å². The molecule has 0 heteroatoms. The van der Waals surface area contributed by atoms with Crippen molar-refractivity contribution < 1.29 is 0 Å². The van der Waals surface area contributed by atoms with Gasteiger partial charge in [0.1, 0.15) is 0 Å². The predicted molar refractivity (Wildman–Crippen MR) is 106 cm³/mol. The molecule has 0 fully saturated rings. The van der Waals surface area contributed by atoms with Crippen molar-refractivity contribution in [3.8, 4) is 0 Å². The van der Waals surface area contributed by atoms with Crippen LogP contribution in [-0.4, -0.2) is 0 Å². The Bertz CT molecular complexity index is 572. The van der Waals surface area contributed by atoms with E-state index in [-0.39, 0.29) is 0 Å². The first-order valence-corrected chi connectivity index (χ1v) is 9.40. The molecule has 0 N–H and O–H groups in total. The van der Waals surface area contributed by atoms with Gasteiger partial charge in [-0.05, 0) is 52.3 Å². The molecule has 2 aliphatic carbocycles. The van der Waals surface area contributed by atoms with E-state index in [0.29, 0.717) is 11.3 Å². The van der Waals surface area contributed by atoms with Crippen LogP contribution in [0.4, 0.5) is 0 Å². The number of allylic oxidation sites excluding steroid dienone is 2. The molecule has 0 aliphatic heterocycles. The van der Waals surface area contributed by atoms with E-state index in [2.05, 4.69) is 58.6 Å². The van der Waals surface area contributed by atoms with Crippen molar-refractivity contribution in [3.05, 3.63) is 52.6 Å². The van der Waals surface area contributed by atoms with Crippen LogP contribution in [0.3, 0.4) is 0 Å². The Hall–Kier alpha value is -1.30. The molecule has 0 aromatic heterocycles. The van der Waals surface area contributed by atoms with E-state index in [1.807, 2.05) is 27.7 Å². The lowest BCUT2D eigenvalue weighted by molar-refractivity contribution is 0.182. The van der Waals surface area contributed by atoms with Crippen LogP contribution in [0.25, 0.3) is 6.08 Å². The van der Waals surface area contributed by atoms with Crippen LogP contribution >= 0.6 is 0 Å². The molecule has 3 rings (SSSR count). The molecule has 2 atom stereocenters. The van der Waals surface area contributed by atoms with Gasteiger partial charge in [-0.3, -0.25) is 0 Å². The molecule has 1 aromatic carbocycles. The summed E-state index contributed by atoms with van der Waals surface area (Å²) in [5.74, 6) is 1.37. The molecule has 0 heterocycles. The maximum absolute atomic E-state index is 4.15. The van der Waals surface area contributed by atoms with Crippen LogP contribution in [0, 0.1) is 11.3 Å². The zero-order valence-corrected chi connectivity index (χ0v) is 16.6. The van der Waals surface area contributed by atoms with Gasteiger partial charge in [0.2, 0.25) is 0 Å². The first-order valence-electron chi connectivity index (χ1n) is 9.40. The molecule has 0 saturated carbocycles. The maximum atomic E-state index is 4.15. The van der Waals surface area contributed by atoms with Gasteiger partial charge in [-0.15, -0.1) is 0 Å². The van der Waals surface area contributed by atoms with Gasteiger partial charge in [0.25, 0.3) is 0 Å². The Morgan fingerprint density at radius 3 is 2.22 bits per heavy atom. The van der Waals surface area contributed by atoms with Gasteiger partial charge in [-0.25, -0.2) is 0 Å². The molecule has 0 spiro atoms. The first-order chi connectivity index (χ1) is 10.9. The highest BCUT2D eigenvalue weighted by Gasteiger charge is 2.38. The Balaban J connectivity index is 0.000000615. The Morgan fingerprint density at radius 2 is 1.61 bits per heavy atom. The van der Waals surface area contributed by atoms with Crippen molar-refractivity contribution in [3.63, 3.8) is 0 Å².